The third-order valence-electron chi connectivity index (χ3n) is 4.36. The maximum atomic E-state index is 14.0. The Morgan fingerprint density at radius 2 is 1.75 bits per heavy atom. The molecule has 0 aromatic heterocycles. The highest BCUT2D eigenvalue weighted by Crippen LogP contribution is 2.37. The van der Waals surface area contributed by atoms with Gasteiger partial charge in [0.25, 0.3) is 0 Å². The summed E-state index contributed by atoms with van der Waals surface area (Å²) >= 11 is 0. The zero-order valence-electron chi connectivity index (χ0n) is 13.7. The summed E-state index contributed by atoms with van der Waals surface area (Å²) in [6, 6.07) is 12.6. The Morgan fingerprint density at radius 1 is 1.00 bits per heavy atom. The van der Waals surface area contributed by atoms with Crippen molar-refractivity contribution in [2.45, 2.75) is 18.8 Å². The topological polar surface area (TPSA) is 35.5 Å². The fourth-order valence-electron chi connectivity index (χ4n) is 3.07. The number of carbonyl (C=O) groups is 1. The first-order valence-corrected chi connectivity index (χ1v) is 7.82. The van der Waals surface area contributed by atoms with Crippen molar-refractivity contribution in [2.24, 2.45) is 0 Å². The van der Waals surface area contributed by atoms with E-state index in [1.165, 1.54) is 13.2 Å². The molecule has 1 aliphatic carbocycles. The molecule has 0 aliphatic heterocycles. The van der Waals surface area contributed by atoms with Crippen LogP contribution in [0.1, 0.15) is 29.9 Å². The first kappa shape index (κ1) is 16.2. The number of halogens is 1. The van der Waals surface area contributed by atoms with Gasteiger partial charge in [0.05, 0.1) is 14.2 Å². The van der Waals surface area contributed by atoms with Gasteiger partial charge in [0.15, 0.2) is 17.3 Å². The third-order valence-corrected chi connectivity index (χ3v) is 4.36. The number of ketones is 1. The van der Waals surface area contributed by atoms with E-state index in [0.29, 0.717) is 12.8 Å². The lowest BCUT2D eigenvalue weighted by molar-refractivity contribution is -0.115. The Balaban J connectivity index is 1.87. The molecule has 0 saturated carbocycles. The fraction of sp³-hybridized carbons (Fsp3) is 0.250. The van der Waals surface area contributed by atoms with Crippen LogP contribution < -0.4 is 9.47 Å². The van der Waals surface area contributed by atoms with Crippen LogP contribution in [-0.2, 0) is 4.79 Å². The van der Waals surface area contributed by atoms with Crippen molar-refractivity contribution < 1.29 is 18.7 Å². The first-order chi connectivity index (χ1) is 11.6. The molecule has 0 saturated heterocycles. The van der Waals surface area contributed by atoms with Crippen LogP contribution in [0.4, 0.5) is 4.39 Å². The number of carbonyl (C=O) groups excluding carboxylic acids is 1. The predicted molar refractivity (Wildman–Crippen MR) is 90.9 cm³/mol. The van der Waals surface area contributed by atoms with Crippen LogP contribution in [0.25, 0.3) is 5.57 Å². The minimum Gasteiger partial charge on any atom is -0.497 e. The molecule has 0 heterocycles. The van der Waals surface area contributed by atoms with Gasteiger partial charge in [0.2, 0.25) is 0 Å². The van der Waals surface area contributed by atoms with E-state index in [1.54, 1.807) is 25.3 Å². The van der Waals surface area contributed by atoms with Crippen LogP contribution in [0.2, 0.25) is 0 Å². The highest BCUT2D eigenvalue weighted by atomic mass is 19.1. The van der Waals surface area contributed by atoms with Crippen LogP contribution in [0, 0.1) is 5.82 Å². The number of rotatable bonds is 4. The zero-order valence-corrected chi connectivity index (χ0v) is 13.7. The van der Waals surface area contributed by atoms with Gasteiger partial charge in [0.1, 0.15) is 5.75 Å². The maximum absolute atomic E-state index is 14.0. The fourth-order valence-corrected chi connectivity index (χ4v) is 3.07. The lowest BCUT2D eigenvalue weighted by atomic mass is 9.81. The molecule has 0 amide bonds. The van der Waals surface area contributed by atoms with E-state index in [1.807, 2.05) is 24.3 Å². The molecule has 24 heavy (non-hydrogen) atoms. The van der Waals surface area contributed by atoms with Gasteiger partial charge in [-0.2, -0.15) is 0 Å². The van der Waals surface area contributed by atoms with Crippen molar-refractivity contribution in [3.63, 3.8) is 0 Å². The third kappa shape index (κ3) is 3.32. The minimum absolute atomic E-state index is 0.0632. The molecule has 124 valence electrons. The van der Waals surface area contributed by atoms with Crippen LogP contribution in [-0.4, -0.2) is 20.0 Å². The summed E-state index contributed by atoms with van der Waals surface area (Å²) in [5.41, 5.74) is 2.66. The number of hydrogen-bond donors (Lipinski definition) is 0. The molecule has 0 N–H and O–H groups in total. The second-order valence-electron chi connectivity index (χ2n) is 5.86. The standard InChI is InChI=1S/C20H19FO3/c1-23-18-6-3-13(4-7-18)15-9-16(11-17(22)10-15)14-5-8-20(24-2)19(21)12-14/h3-8,11-12,15H,9-10H2,1-2H3/t15-/m1/s1. The van der Waals surface area contributed by atoms with Gasteiger partial charge in [-0.05, 0) is 59.4 Å². The van der Waals surface area contributed by atoms with E-state index in [2.05, 4.69) is 0 Å². The highest BCUT2D eigenvalue weighted by molar-refractivity contribution is 5.99. The average molecular weight is 326 g/mol. The lowest BCUT2D eigenvalue weighted by Gasteiger charge is -2.23. The van der Waals surface area contributed by atoms with E-state index >= 15 is 0 Å². The van der Waals surface area contributed by atoms with Crippen LogP contribution in [0.3, 0.4) is 0 Å². The van der Waals surface area contributed by atoms with Crippen LogP contribution in [0.15, 0.2) is 48.5 Å². The summed E-state index contributed by atoms with van der Waals surface area (Å²) in [6.45, 7) is 0. The second-order valence-corrected chi connectivity index (χ2v) is 5.86. The summed E-state index contributed by atoms with van der Waals surface area (Å²) in [7, 11) is 3.05. The van der Waals surface area contributed by atoms with Gasteiger partial charge in [-0.3, -0.25) is 4.79 Å². The van der Waals surface area contributed by atoms with Gasteiger partial charge in [-0.25, -0.2) is 4.39 Å². The Kier molecular flexibility index (Phi) is 4.65. The molecule has 4 heteroatoms. The molecule has 0 bridgehead atoms. The predicted octanol–water partition coefficient (Wildman–Crippen LogP) is 4.37. The van der Waals surface area contributed by atoms with Crippen LogP contribution in [0.5, 0.6) is 11.5 Å². The maximum Gasteiger partial charge on any atom is 0.165 e. The Hall–Kier alpha value is -2.62. The van der Waals surface area contributed by atoms with Crippen molar-refractivity contribution in [1.82, 2.24) is 0 Å². The number of methoxy groups -OCH3 is 2. The Bertz CT molecular complexity index is 778. The Labute approximate surface area is 140 Å². The van der Waals surface area contributed by atoms with Gasteiger partial charge in [-0.15, -0.1) is 0 Å². The quantitative estimate of drug-likeness (QED) is 0.837. The average Bonchev–Trinajstić information content (AvgIpc) is 2.61. The van der Waals surface area contributed by atoms with Crippen molar-refractivity contribution in [3.8, 4) is 11.5 Å². The summed E-state index contributed by atoms with van der Waals surface area (Å²) in [4.78, 5) is 12.1. The summed E-state index contributed by atoms with van der Waals surface area (Å²) in [5.74, 6) is 0.721. The van der Waals surface area contributed by atoms with Crippen molar-refractivity contribution in [2.75, 3.05) is 14.2 Å². The number of allylic oxidation sites excluding steroid dienone is 2. The smallest absolute Gasteiger partial charge is 0.165 e. The van der Waals surface area contributed by atoms with Gasteiger partial charge in [0, 0.05) is 6.42 Å². The molecule has 3 nitrogen and oxygen atoms in total. The van der Waals surface area contributed by atoms with Crippen molar-refractivity contribution in [3.05, 3.63) is 65.5 Å². The molecule has 1 atom stereocenters. The zero-order chi connectivity index (χ0) is 17.1. The van der Waals surface area contributed by atoms with Crippen LogP contribution >= 0.6 is 0 Å². The minimum atomic E-state index is -0.421. The summed E-state index contributed by atoms with van der Waals surface area (Å²) < 4.78 is 24.1. The van der Waals surface area contributed by atoms with Gasteiger partial charge < -0.3 is 9.47 Å². The molecular weight excluding hydrogens is 307 g/mol. The normalized spacial score (nSPS) is 17.4. The van der Waals surface area contributed by atoms with Crippen molar-refractivity contribution in [1.29, 1.82) is 0 Å². The molecule has 0 unspecified atom stereocenters. The molecule has 3 rings (SSSR count). The molecular formula is C20H19FO3. The number of hydrogen-bond acceptors (Lipinski definition) is 3. The molecule has 2 aromatic rings. The molecule has 1 aliphatic rings. The van der Waals surface area contributed by atoms with Gasteiger partial charge >= 0.3 is 0 Å². The van der Waals surface area contributed by atoms with Crippen molar-refractivity contribution >= 4 is 11.4 Å². The second kappa shape index (κ2) is 6.87. The van der Waals surface area contributed by atoms with E-state index in [9.17, 15) is 9.18 Å². The SMILES string of the molecule is COc1ccc([C@H]2CC(=O)C=C(c3ccc(OC)c(F)c3)C2)cc1. The monoisotopic (exact) mass is 326 g/mol. The first-order valence-electron chi connectivity index (χ1n) is 7.82. The van der Waals surface area contributed by atoms with E-state index < -0.39 is 5.82 Å². The lowest BCUT2D eigenvalue weighted by Crippen LogP contribution is -2.12. The highest BCUT2D eigenvalue weighted by Gasteiger charge is 2.23. The van der Waals surface area contributed by atoms with Gasteiger partial charge in [-0.1, -0.05) is 18.2 Å². The molecule has 0 radical (unpaired) electrons. The largest absolute Gasteiger partial charge is 0.497 e. The molecule has 2 aromatic carbocycles. The number of ether oxygens (including phenoxy) is 2. The Morgan fingerprint density at radius 3 is 2.38 bits per heavy atom. The van der Waals surface area contributed by atoms with E-state index in [4.69, 9.17) is 9.47 Å². The summed E-state index contributed by atoms with van der Waals surface area (Å²) in [6.07, 6.45) is 2.79. The molecule has 0 spiro atoms. The number of benzene rings is 2. The van der Waals surface area contributed by atoms with E-state index in [-0.39, 0.29) is 17.5 Å². The molecule has 0 fully saturated rings. The summed E-state index contributed by atoms with van der Waals surface area (Å²) in [5, 5.41) is 0. The van der Waals surface area contributed by atoms with E-state index in [0.717, 1.165) is 22.4 Å².